The smallest absolute Gasteiger partial charge is 0.271 e. The molecule has 156 valence electrons. The highest BCUT2D eigenvalue weighted by Crippen LogP contribution is 2.24. The van der Waals surface area contributed by atoms with E-state index in [4.69, 9.17) is 0 Å². The molecule has 0 radical (unpaired) electrons. The maximum atomic E-state index is 13.0. The van der Waals surface area contributed by atoms with Crippen molar-refractivity contribution >= 4 is 11.6 Å². The van der Waals surface area contributed by atoms with Crippen molar-refractivity contribution in [1.29, 1.82) is 0 Å². The highest BCUT2D eigenvalue weighted by Gasteiger charge is 2.20. The number of non-ortho nitro benzene ring substituents is 1. The summed E-state index contributed by atoms with van der Waals surface area (Å²) < 4.78 is 3.33. The predicted octanol–water partition coefficient (Wildman–Crippen LogP) is 3.15. The second kappa shape index (κ2) is 8.62. The SMILES string of the molecule is Cn1cccc1-c1cc(C(=O)NCCc2ccccn2)n(-c2cccc([N+](=O)[O-])c2)n1. The Morgan fingerprint density at radius 1 is 1.13 bits per heavy atom. The van der Waals surface area contributed by atoms with Crippen molar-refractivity contribution in [3.8, 4) is 17.1 Å². The zero-order valence-corrected chi connectivity index (χ0v) is 16.8. The van der Waals surface area contributed by atoms with E-state index in [1.165, 1.54) is 16.8 Å². The van der Waals surface area contributed by atoms with Crippen LogP contribution >= 0.6 is 0 Å². The number of rotatable bonds is 7. The molecule has 0 aliphatic heterocycles. The van der Waals surface area contributed by atoms with Gasteiger partial charge in [0.05, 0.1) is 16.3 Å². The van der Waals surface area contributed by atoms with Crippen LogP contribution in [0, 0.1) is 10.1 Å². The number of carbonyl (C=O) groups is 1. The number of nitro benzene ring substituents is 1. The van der Waals surface area contributed by atoms with Crippen LogP contribution in [-0.4, -0.2) is 36.7 Å². The first kappa shape index (κ1) is 20.0. The molecule has 0 aliphatic carbocycles. The molecule has 0 spiro atoms. The summed E-state index contributed by atoms with van der Waals surface area (Å²) in [5.74, 6) is -0.324. The van der Waals surface area contributed by atoms with Gasteiger partial charge >= 0.3 is 0 Å². The second-order valence-electron chi connectivity index (χ2n) is 6.93. The van der Waals surface area contributed by atoms with Crippen molar-refractivity contribution in [2.24, 2.45) is 7.05 Å². The molecule has 0 saturated heterocycles. The van der Waals surface area contributed by atoms with Crippen LogP contribution in [0.4, 0.5) is 5.69 Å². The van der Waals surface area contributed by atoms with Gasteiger partial charge in [-0.05, 0) is 36.4 Å². The van der Waals surface area contributed by atoms with Gasteiger partial charge in [-0.25, -0.2) is 4.68 Å². The molecular weight excluding hydrogens is 396 g/mol. The maximum absolute atomic E-state index is 13.0. The summed E-state index contributed by atoms with van der Waals surface area (Å²) in [5, 5.41) is 18.7. The van der Waals surface area contributed by atoms with Gasteiger partial charge in [0.2, 0.25) is 0 Å². The third-order valence-corrected chi connectivity index (χ3v) is 4.83. The molecular formula is C22H20N6O3. The monoisotopic (exact) mass is 416 g/mol. The van der Waals surface area contributed by atoms with Crippen LogP contribution in [0.15, 0.2) is 73.1 Å². The van der Waals surface area contributed by atoms with E-state index in [0.717, 1.165) is 11.4 Å². The average Bonchev–Trinajstić information content (AvgIpc) is 3.41. The number of nitro groups is 1. The Hall–Kier alpha value is -4.27. The van der Waals surface area contributed by atoms with E-state index < -0.39 is 4.92 Å². The van der Waals surface area contributed by atoms with Gasteiger partial charge in [0.15, 0.2) is 0 Å². The molecule has 0 bridgehead atoms. The van der Waals surface area contributed by atoms with Crippen molar-refractivity contribution in [1.82, 2.24) is 24.6 Å². The van der Waals surface area contributed by atoms with Crippen molar-refractivity contribution in [3.05, 3.63) is 94.6 Å². The fraction of sp³-hybridized carbons (Fsp3) is 0.136. The van der Waals surface area contributed by atoms with Gasteiger partial charge in [0.1, 0.15) is 11.4 Å². The van der Waals surface area contributed by atoms with Gasteiger partial charge in [-0.15, -0.1) is 0 Å². The molecule has 4 aromatic rings. The molecule has 0 fully saturated rings. The summed E-state index contributed by atoms with van der Waals surface area (Å²) in [5.41, 5.74) is 2.94. The number of pyridine rings is 1. The molecule has 1 aromatic carbocycles. The van der Waals surface area contributed by atoms with Crippen molar-refractivity contribution in [2.75, 3.05) is 6.54 Å². The largest absolute Gasteiger partial charge is 0.350 e. The van der Waals surface area contributed by atoms with Gasteiger partial charge in [-0.3, -0.25) is 19.9 Å². The highest BCUT2D eigenvalue weighted by atomic mass is 16.6. The quantitative estimate of drug-likeness (QED) is 0.368. The van der Waals surface area contributed by atoms with Crippen LogP contribution in [0.2, 0.25) is 0 Å². The van der Waals surface area contributed by atoms with E-state index in [2.05, 4.69) is 15.4 Å². The van der Waals surface area contributed by atoms with Crippen molar-refractivity contribution in [3.63, 3.8) is 0 Å². The van der Waals surface area contributed by atoms with E-state index in [9.17, 15) is 14.9 Å². The lowest BCUT2D eigenvalue weighted by Crippen LogP contribution is -2.28. The molecule has 0 unspecified atom stereocenters. The first-order valence-electron chi connectivity index (χ1n) is 9.67. The fourth-order valence-corrected chi connectivity index (χ4v) is 3.27. The van der Waals surface area contributed by atoms with Crippen molar-refractivity contribution < 1.29 is 9.72 Å². The van der Waals surface area contributed by atoms with E-state index in [-0.39, 0.29) is 17.3 Å². The minimum absolute atomic E-state index is 0.0741. The molecule has 0 atom stereocenters. The summed E-state index contributed by atoms with van der Waals surface area (Å²) in [7, 11) is 1.88. The number of hydrogen-bond acceptors (Lipinski definition) is 5. The molecule has 1 amide bonds. The zero-order valence-electron chi connectivity index (χ0n) is 16.8. The van der Waals surface area contributed by atoms with Crippen LogP contribution in [0.3, 0.4) is 0 Å². The first-order chi connectivity index (χ1) is 15.0. The predicted molar refractivity (Wildman–Crippen MR) is 115 cm³/mol. The lowest BCUT2D eigenvalue weighted by molar-refractivity contribution is -0.384. The summed E-state index contributed by atoms with van der Waals surface area (Å²) in [6, 6.07) is 17.1. The molecule has 9 heteroatoms. The van der Waals surface area contributed by atoms with Crippen molar-refractivity contribution in [2.45, 2.75) is 6.42 Å². The molecule has 0 aliphatic rings. The average molecular weight is 416 g/mol. The third kappa shape index (κ3) is 4.35. The summed E-state index contributed by atoms with van der Waals surface area (Å²) in [6.07, 6.45) is 4.18. The molecule has 31 heavy (non-hydrogen) atoms. The number of nitrogens with one attached hydrogen (secondary N) is 1. The molecule has 3 aromatic heterocycles. The van der Waals surface area contributed by atoms with Gasteiger partial charge in [-0.1, -0.05) is 12.1 Å². The fourth-order valence-electron chi connectivity index (χ4n) is 3.27. The standard InChI is InChI=1S/C22H20N6O3/c1-26-13-5-9-20(26)19-15-21(22(29)24-12-10-16-6-2-3-11-23-16)27(25-19)17-7-4-8-18(14-17)28(30)31/h2-9,11,13-15H,10,12H2,1H3,(H,24,29). The molecule has 9 nitrogen and oxygen atoms in total. The van der Waals surface area contributed by atoms with Crippen LogP contribution < -0.4 is 5.32 Å². The van der Waals surface area contributed by atoms with Gasteiger partial charge in [-0.2, -0.15) is 5.10 Å². The lowest BCUT2D eigenvalue weighted by atomic mass is 10.2. The molecule has 3 heterocycles. The van der Waals surface area contributed by atoms with E-state index >= 15 is 0 Å². The Balaban J connectivity index is 1.65. The molecule has 4 rings (SSSR count). The highest BCUT2D eigenvalue weighted by molar-refractivity contribution is 5.94. The Morgan fingerprint density at radius 3 is 2.71 bits per heavy atom. The minimum atomic E-state index is -0.474. The van der Waals surface area contributed by atoms with E-state index in [1.54, 1.807) is 24.4 Å². The number of amides is 1. The normalized spacial score (nSPS) is 10.7. The number of aryl methyl sites for hydroxylation is 1. The van der Waals surface area contributed by atoms with Crippen LogP contribution in [-0.2, 0) is 13.5 Å². The number of hydrogen-bond donors (Lipinski definition) is 1. The number of benzene rings is 1. The molecule has 1 N–H and O–H groups in total. The van der Waals surface area contributed by atoms with E-state index in [0.29, 0.717) is 24.3 Å². The Kier molecular flexibility index (Phi) is 5.57. The van der Waals surface area contributed by atoms with Gasteiger partial charge in [0.25, 0.3) is 11.6 Å². The van der Waals surface area contributed by atoms with Crippen LogP contribution in [0.1, 0.15) is 16.2 Å². The Bertz CT molecular complexity index is 1230. The summed E-state index contributed by atoms with van der Waals surface area (Å²) in [6.45, 7) is 0.398. The Morgan fingerprint density at radius 2 is 2.00 bits per heavy atom. The molecule has 0 saturated carbocycles. The summed E-state index contributed by atoms with van der Waals surface area (Å²) >= 11 is 0. The van der Waals surface area contributed by atoms with E-state index in [1.807, 2.05) is 48.1 Å². The van der Waals surface area contributed by atoms with Gasteiger partial charge < -0.3 is 9.88 Å². The number of nitrogens with zero attached hydrogens (tertiary/aromatic N) is 5. The van der Waals surface area contributed by atoms with Crippen LogP contribution in [0.5, 0.6) is 0 Å². The zero-order chi connectivity index (χ0) is 21.8. The lowest BCUT2D eigenvalue weighted by Gasteiger charge is -2.08. The third-order valence-electron chi connectivity index (χ3n) is 4.83. The number of aromatic nitrogens is 4. The van der Waals surface area contributed by atoms with Gasteiger partial charge in [0, 0.05) is 50.2 Å². The number of carbonyl (C=O) groups excluding carboxylic acids is 1. The Labute approximate surface area is 178 Å². The maximum Gasteiger partial charge on any atom is 0.271 e. The summed E-state index contributed by atoms with van der Waals surface area (Å²) in [4.78, 5) is 28.0. The first-order valence-corrected chi connectivity index (χ1v) is 9.67. The topological polar surface area (TPSA) is 108 Å². The second-order valence-corrected chi connectivity index (χ2v) is 6.93. The van der Waals surface area contributed by atoms with Crippen LogP contribution in [0.25, 0.3) is 17.1 Å². The minimum Gasteiger partial charge on any atom is -0.350 e.